The van der Waals surface area contributed by atoms with Crippen molar-refractivity contribution in [3.05, 3.63) is 29.8 Å². The molecule has 0 amide bonds. The van der Waals surface area contributed by atoms with Crippen molar-refractivity contribution in [1.82, 2.24) is 0 Å². The van der Waals surface area contributed by atoms with E-state index in [4.69, 9.17) is 10.00 Å². The molecule has 0 spiro atoms. The van der Waals surface area contributed by atoms with Gasteiger partial charge >= 0.3 is 0 Å². The summed E-state index contributed by atoms with van der Waals surface area (Å²) in [6.45, 7) is 4.24. The summed E-state index contributed by atoms with van der Waals surface area (Å²) < 4.78 is 31.0. The molecule has 0 bridgehead atoms. The van der Waals surface area contributed by atoms with Gasteiger partial charge in [0.25, 0.3) is 0 Å². The molecule has 0 aromatic heterocycles. The number of benzene rings is 1. The number of ether oxygens (including phenoxy) is 1. The molecule has 0 fully saturated rings. The maximum atomic E-state index is 12.9. The Labute approximate surface area is 106 Å². The molecule has 0 unspecified atom stereocenters. The van der Waals surface area contributed by atoms with Crippen molar-refractivity contribution < 1.29 is 13.5 Å². The van der Waals surface area contributed by atoms with Crippen LogP contribution in [0.5, 0.6) is 5.75 Å². The topological polar surface area (TPSA) is 33.0 Å². The third-order valence-corrected chi connectivity index (χ3v) is 3.33. The zero-order valence-corrected chi connectivity index (χ0v) is 10.7. The maximum Gasteiger partial charge on any atom is 0.162 e. The Morgan fingerprint density at radius 2 is 1.89 bits per heavy atom. The molecule has 0 aliphatic rings. The predicted molar refractivity (Wildman–Crippen MR) is 65.1 cm³/mol. The Morgan fingerprint density at radius 1 is 1.22 bits per heavy atom. The van der Waals surface area contributed by atoms with Crippen LogP contribution in [0.2, 0.25) is 0 Å². The average molecular weight is 253 g/mol. The first kappa shape index (κ1) is 14.4. The van der Waals surface area contributed by atoms with Crippen LogP contribution < -0.4 is 4.74 Å². The van der Waals surface area contributed by atoms with Crippen molar-refractivity contribution in [3.63, 3.8) is 0 Å². The average Bonchev–Trinajstić information content (AvgIpc) is 2.39. The van der Waals surface area contributed by atoms with Gasteiger partial charge in [-0.25, -0.2) is 8.78 Å². The maximum absolute atomic E-state index is 12.9. The molecule has 98 valence electrons. The largest absolute Gasteiger partial charge is 0.493 e. The molecule has 0 atom stereocenters. The van der Waals surface area contributed by atoms with Crippen molar-refractivity contribution in [2.45, 2.75) is 33.1 Å². The van der Waals surface area contributed by atoms with E-state index in [0.717, 1.165) is 25.0 Å². The molecule has 0 saturated carbocycles. The SMILES string of the molecule is CCC(C#N)(CC)CCOc1ccc(F)c(F)c1. The third-order valence-electron chi connectivity index (χ3n) is 3.33. The van der Waals surface area contributed by atoms with Crippen LogP contribution in [0.3, 0.4) is 0 Å². The lowest BCUT2D eigenvalue weighted by atomic mass is 9.81. The lowest BCUT2D eigenvalue weighted by molar-refractivity contribution is 0.230. The van der Waals surface area contributed by atoms with Gasteiger partial charge in [-0.2, -0.15) is 5.26 Å². The molecular formula is C14H17F2NO. The van der Waals surface area contributed by atoms with Crippen LogP contribution in [-0.2, 0) is 0 Å². The lowest BCUT2D eigenvalue weighted by Gasteiger charge is -2.23. The quantitative estimate of drug-likeness (QED) is 0.765. The van der Waals surface area contributed by atoms with Gasteiger partial charge in [0.1, 0.15) is 5.75 Å². The summed E-state index contributed by atoms with van der Waals surface area (Å²) in [5.74, 6) is -1.53. The number of hydrogen-bond acceptors (Lipinski definition) is 2. The number of nitriles is 1. The van der Waals surface area contributed by atoms with E-state index in [9.17, 15) is 8.78 Å². The highest BCUT2D eigenvalue weighted by atomic mass is 19.2. The highest BCUT2D eigenvalue weighted by Gasteiger charge is 2.25. The molecule has 1 aromatic rings. The van der Waals surface area contributed by atoms with Gasteiger partial charge in [0, 0.05) is 12.5 Å². The summed E-state index contributed by atoms with van der Waals surface area (Å²) in [6, 6.07) is 5.73. The summed E-state index contributed by atoms with van der Waals surface area (Å²) in [4.78, 5) is 0. The second kappa shape index (κ2) is 6.34. The predicted octanol–water partition coefficient (Wildman–Crippen LogP) is 4.06. The molecule has 0 aliphatic carbocycles. The summed E-state index contributed by atoms with van der Waals surface area (Å²) in [5.41, 5.74) is -0.390. The molecule has 0 aliphatic heterocycles. The Balaban J connectivity index is 2.56. The Hall–Kier alpha value is -1.63. The lowest BCUT2D eigenvalue weighted by Crippen LogP contribution is -2.19. The van der Waals surface area contributed by atoms with Crippen molar-refractivity contribution >= 4 is 0 Å². The van der Waals surface area contributed by atoms with Crippen LogP contribution in [0.25, 0.3) is 0 Å². The van der Waals surface area contributed by atoms with Gasteiger partial charge in [0.15, 0.2) is 11.6 Å². The Bertz CT molecular complexity index is 436. The van der Waals surface area contributed by atoms with E-state index in [1.807, 2.05) is 13.8 Å². The first-order chi connectivity index (χ1) is 8.56. The summed E-state index contributed by atoms with van der Waals surface area (Å²) in [7, 11) is 0. The van der Waals surface area contributed by atoms with E-state index >= 15 is 0 Å². The fourth-order valence-corrected chi connectivity index (χ4v) is 1.75. The Morgan fingerprint density at radius 3 is 2.39 bits per heavy atom. The Kier molecular flexibility index (Phi) is 5.08. The van der Waals surface area contributed by atoms with Crippen molar-refractivity contribution in [2.24, 2.45) is 5.41 Å². The minimum atomic E-state index is -0.926. The van der Waals surface area contributed by atoms with E-state index in [0.29, 0.717) is 13.0 Å². The van der Waals surface area contributed by atoms with Gasteiger partial charge in [-0.1, -0.05) is 13.8 Å². The molecule has 0 radical (unpaired) electrons. The van der Waals surface area contributed by atoms with Crippen LogP contribution in [0, 0.1) is 28.4 Å². The van der Waals surface area contributed by atoms with Gasteiger partial charge in [-0.05, 0) is 25.0 Å². The number of nitrogens with zero attached hydrogens (tertiary/aromatic N) is 1. The number of rotatable bonds is 6. The molecule has 0 saturated heterocycles. The van der Waals surface area contributed by atoms with Crippen LogP contribution in [-0.4, -0.2) is 6.61 Å². The number of halogens is 2. The smallest absolute Gasteiger partial charge is 0.162 e. The summed E-state index contributed by atoms with van der Waals surface area (Å²) in [5, 5.41) is 9.14. The van der Waals surface area contributed by atoms with Crippen LogP contribution >= 0.6 is 0 Å². The minimum absolute atomic E-state index is 0.285. The fourth-order valence-electron chi connectivity index (χ4n) is 1.75. The normalized spacial score (nSPS) is 11.1. The molecule has 0 N–H and O–H groups in total. The summed E-state index contributed by atoms with van der Waals surface area (Å²) >= 11 is 0. The molecular weight excluding hydrogens is 236 g/mol. The van der Waals surface area contributed by atoms with Gasteiger partial charge in [-0.15, -0.1) is 0 Å². The van der Waals surface area contributed by atoms with Crippen molar-refractivity contribution in [2.75, 3.05) is 6.61 Å². The van der Waals surface area contributed by atoms with Crippen molar-refractivity contribution in [3.8, 4) is 11.8 Å². The molecule has 1 rings (SSSR count). The second-order valence-corrected chi connectivity index (χ2v) is 4.27. The molecule has 1 aromatic carbocycles. The van der Waals surface area contributed by atoms with E-state index in [1.165, 1.54) is 6.07 Å². The second-order valence-electron chi connectivity index (χ2n) is 4.27. The first-order valence-electron chi connectivity index (χ1n) is 6.06. The standard InChI is InChI=1S/C14H17F2NO/c1-3-14(4-2,10-17)7-8-18-11-5-6-12(15)13(16)9-11/h5-6,9H,3-4,7-8H2,1-2H3. The molecule has 2 nitrogen and oxygen atoms in total. The van der Waals surface area contributed by atoms with E-state index < -0.39 is 17.0 Å². The first-order valence-corrected chi connectivity index (χ1v) is 6.06. The zero-order valence-electron chi connectivity index (χ0n) is 10.7. The fraction of sp³-hybridized carbons (Fsp3) is 0.500. The highest BCUT2D eigenvalue weighted by molar-refractivity contribution is 5.23. The van der Waals surface area contributed by atoms with Crippen molar-refractivity contribution in [1.29, 1.82) is 5.26 Å². The monoisotopic (exact) mass is 253 g/mol. The summed E-state index contributed by atoms with van der Waals surface area (Å²) in [6.07, 6.45) is 2.08. The minimum Gasteiger partial charge on any atom is -0.493 e. The van der Waals surface area contributed by atoms with Gasteiger partial charge in [0.2, 0.25) is 0 Å². The third kappa shape index (κ3) is 3.43. The van der Waals surface area contributed by atoms with E-state index in [1.54, 1.807) is 0 Å². The zero-order chi connectivity index (χ0) is 13.6. The van der Waals surface area contributed by atoms with Crippen LogP contribution in [0.15, 0.2) is 18.2 Å². The van der Waals surface area contributed by atoms with Crippen LogP contribution in [0.1, 0.15) is 33.1 Å². The molecule has 0 heterocycles. The van der Waals surface area contributed by atoms with Crippen LogP contribution in [0.4, 0.5) is 8.78 Å². The van der Waals surface area contributed by atoms with E-state index in [-0.39, 0.29) is 5.75 Å². The molecule has 18 heavy (non-hydrogen) atoms. The highest BCUT2D eigenvalue weighted by Crippen LogP contribution is 2.29. The number of hydrogen-bond donors (Lipinski definition) is 0. The van der Waals surface area contributed by atoms with Gasteiger partial charge in [-0.3, -0.25) is 0 Å². The van der Waals surface area contributed by atoms with Gasteiger partial charge < -0.3 is 4.74 Å². The van der Waals surface area contributed by atoms with E-state index in [2.05, 4.69) is 6.07 Å². The molecule has 4 heteroatoms. The van der Waals surface area contributed by atoms with Gasteiger partial charge in [0.05, 0.1) is 18.1 Å².